The van der Waals surface area contributed by atoms with Gasteiger partial charge in [0.05, 0.1) is 5.56 Å². The van der Waals surface area contributed by atoms with Crippen LogP contribution in [0.2, 0.25) is 0 Å². The van der Waals surface area contributed by atoms with Crippen LogP contribution in [0.15, 0.2) is 63.8 Å². The number of rotatable bonds is 29. The molecule has 1 heterocycles. The highest BCUT2D eigenvalue weighted by Gasteiger charge is 2.26. The highest BCUT2D eigenvalue weighted by molar-refractivity contribution is 7.80. The maximum Gasteiger partial charge on any atom is 0.336 e. The van der Waals surface area contributed by atoms with E-state index in [9.17, 15) is 68.7 Å². The number of thiocarbonyl (C=S) groups is 1. The van der Waals surface area contributed by atoms with Gasteiger partial charge < -0.3 is 67.0 Å². The molecule has 0 bridgehead atoms. The van der Waals surface area contributed by atoms with E-state index >= 15 is 0 Å². The summed E-state index contributed by atoms with van der Waals surface area (Å²) in [5.41, 5.74) is 1.57. The largest absolute Gasteiger partial charge is 0.508 e. The van der Waals surface area contributed by atoms with Crippen LogP contribution < -0.4 is 37.3 Å². The SMILES string of the molecule is O=C(O)CC[C@H](NC(=O)N[C@@H](CCCCNC(=O)CCCCCCC(=O)NC(CCCCNC(=S)Nc1ccc(-c2c3ccc(=O)cc-3oc3cc(O)ccc23)c(C(=O)O)c1)C(=O)O)C(=O)O)C(=O)O. The monoisotopic (exact) mass is 992 g/mol. The highest BCUT2D eigenvalue weighted by atomic mass is 32.1. The number of carboxylic acid groups (broad SMARTS) is 5. The van der Waals surface area contributed by atoms with Gasteiger partial charge in [-0.3, -0.25) is 19.2 Å². The molecule has 4 amide bonds. The van der Waals surface area contributed by atoms with Crippen molar-refractivity contribution in [2.24, 2.45) is 0 Å². The fourth-order valence-electron chi connectivity index (χ4n) is 7.40. The van der Waals surface area contributed by atoms with Crippen molar-refractivity contribution in [1.29, 1.82) is 0 Å². The molecule has 0 radical (unpaired) electrons. The van der Waals surface area contributed by atoms with Gasteiger partial charge in [-0.25, -0.2) is 24.0 Å². The molecule has 2 aliphatic rings. The van der Waals surface area contributed by atoms with E-state index in [0.717, 1.165) is 0 Å². The van der Waals surface area contributed by atoms with Crippen LogP contribution in [0.4, 0.5) is 10.5 Å². The number of carboxylic acids is 5. The quantitative estimate of drug-likeness (QED) is 0.0199. The smallest absolute Gasteiger partial charge is 0.336 e. The standard InChI is InChI=1S/C47H56N6O16S/c54-27-14-17-30-36(24-27)69-37-25-28(55)15-18-31(37)41(30)29-16-13-26(23-32(29)42(60)61)50-47(70)49-22-8-6-9-33(43(62)63)51-39(57)12-4-2-1-3-11-38(56)48-21-7-5-10-34(44(64)65)52-46(68)53-35(45(66)67)19-20-40(58)59/h13-18,23-25,33-35,54H,1-12,19-22H2,(H,48,56)(H,51,57)(H,58,59)(H,60,61)(H,62,63)(H,64,65)(H,66,67)(H2,49,50,70)(H2,52,53,68)/t33?,34-,35-/m0/s1. The molecule has 1 aliphatic heterocycles. The number of unbranched alkanes of at least 4 members (excludes halogenated alkanes) is 5. The first-order chi connectivity index (χ1) is 33.3. The van der Waals surface area contributed by atoms with Crippen LogP contribution in [0.25, 0.3) is 33.4 Å². The molecule has 3 atom stereocenters. The van der Waals surface area contributed by atoms with Crippen molar-refractivity contribution in [3.8, 4) is 28.2 Å². The number of carbonyl (C=O) groups excluding carboxylic acids is 3. The Bertz CT molecular complexity index is 2580. The molecule has 0 fully saturated rings. The summed E-state index contributed by atoms with van der Waals surface area (Å²) in [5, 5.41) is 73.5. The van der Waals surface area contributed by atoms with Crippen LogP contribution in [0.5, 0.6) is 5.75 Å². The van der Waals surface area contributed by atoms with Gasteiger partial charge in [0, 0.05) is 66.7 Å². The molecule has 23 heteroatoms. The van der Waals surface area contributed by atoms with Crippen molar-refractivity contribution in [3.63, 3.8) is 0 Å². The molecule has 12 N–H and O–H groups in total. The Labute approximate surface area is 405 Å². The molecule has 0 saturated heterocycles. The van der Waals surface area contributed by atoms with Gasteiger partial charge in [0.2, 0.25) is 11.8 Å². The minimum absolute atomic E-state index is 0.00954. The number of aliphatic carboxylic acids is 4. The Kier molecular flexibility index (Phi) is 21.3. The summed E-state index contributed by atoms with van der Waals surface area (Å²) in [4.78, 5) is 107. The lowest BCUT2D eigenvalue weighted by Crippen LogP contribution is -2.51. The van der Waals surface area contributed by atoms with Crippen molar-refractivity contribution in [3.05, 3.63) is 70.4 Å². The number of phenols is 1. The van der Waals surface area contributed by atoms with Crippen LogP contribution in [0, 0.1) is 0 Å². The number of carbonyl (C=O) groups is 8. The molecule has 70 heavy (non-hydrogen) atoms. The number of fused-ring (bicyclic) bond motifs is 2. The molecule has 0 saturated carbocycles. The molecule has 376 valence electrons. The third kappa shape index (κ3) is 17.7. The third-order valence-corrected chi connectivity index (χ3v) is 11.2. The molecule has 1 unspecified atom stereocenters. The second-order valence-corrected chi connectivity index (χ2v) is 16.7. The zero-order chi connectivity index (χ0) is 51.3. The molecule has 0 spiro atoms. The number of anilines is 1. The number of phenolic OH excluding ortho intramolecular Hbond substituents is 1. The lowest BCUT2D eigenvalue weighted by molar-refractivity contribution is -0.142. The van der Waals surface area contributed by atoms with Crippen molar-refractivity contribution in [2.75, 3.05) is 18.4 Å². The van der Waals surface area contributed by atoms with E-state index < -0.39 is 66.3 Å². The van der Waals surface area contributed by atoms with Gasteiger partial charge in [-0.05, 0) is 112 Å². The number of hydrogen-bond acceptors (Lipinski definition) is 12. The number of hydrogen-bond donors (Lipinski definition) is 12. The Balaban J connectivity index is 1.10. The number of benzene rings is 3. The summed E-state index contributed by atoms with van der Waals surface area (Å²) in [6.45, 7) is 0.596. The third-order valence-electron chi connectivity index (χ3n) is 10.9. The number of aromatic hydroxyl groups is 1. The molecular formula is C47H56N6O16S. The predicted octanol–water partition coefficient (Wildman–Crippen LogP) is 4.69. The molecule has 2 aromatic carbocycles. The van der Waals surface area contributed by atoms with E-state index in [2.05, 4.69) is 31.9 Å². The van der Waals surface area contributed by atoms with E-state index in [-0.39, 0.29) is 77.8 Å². The fraction of sp³-hybridized carbons (Fsp3) is 0.404. The van der Waals surface area contributed by atoms with E-state index in [1.54, 1.807) is 24.3 Å². The molecular weight excluding hydrogens is 937 g/mol. The molecule has 1 aliphatic carbocycles. The van der Waals surface area contributed by atoms with Gasteiger partial charge in [0.25, 0.3) is 0 Å². The zero-order valence-electron chi connectivity index (χ0n) is 37.9. The van der Waals surface area contributed by atoms with Gasteiger partial charge in [0.15, 0.2) is 10.5 Å². The van der Waals surface area contributed by atoms with Crippen LogP contribution in [0.3, 0.4) is 0 Å². The minimum Gasteiger partial charge on any atom is -0.508 e. The van der Waals surface area contributed by atoms with E-state index in [4.69, 9.17) is 21.7 Å². The van der Waals surface area contributed by atoms with E-state index in [0.29, 0.717) is 85.7 Å². The van der Waals surface area contributed by atoms with Gasteiger partial charge in [-0.15, -0.1) is 0 Å². The van der Waals surface area contributed by atoms with Gasteiger partial charge in [-0.2, -0.15) is 0 Å². The number of aromatic carboxylic acids is 1. The maximum atomic E-state index is 12.6. The zero-order valence-corrected chi connectivity index (χ0v) is 38.7. The van der Waals surface area contributed by atoms with Gasteiger partial charge in [-0.1, -0.05) is 18.9 Å². The van der Waals surface area contributed by atoms with Gasteiger partial charge in [0.1, 0.15) is 35.2 Å². The lowest BCUT2D eigenvalue weighted by Gasteiger charge is -2.18. The maximum absolute atomic E-state index is 12.6. The average Bonchev–Trinajstić information content (AvgIpc) is 3.29. The first kappa shape index (κ1) is 54.8. The summed E-state index contributed by atoms with van der Waals surface area (Å²) >= 11 is 5.42. The average molecular weight is 993 g/mol. The summed E-state index contributed by atoms with van der Waals surface area (Å²) in [6, 6.07) is 8.25. The molecule has 2 aromatic rings. The molecule has 0 aromatic heterocycles. The van der Waals surface area contributed by atoms with Crippen LogP contribution >= 0.6 is 12.2 Å². The van der Waals surface area contributed by atoms with Crippen molar-refractivity contribution >= 4 is 81.7 Å². The lowest BCUT2D eigenvalue weighted by atomic mass is 9.90. The van der Waals surface area contributed by atoms with Crippen molar-refractivity contribution < 1.29 is 73.4 Å². The Morgan fingerprint density at radius 2 is 1.17 bits per heavy atom. The number of nitrogens with one attached hydrogen (secondary N) is 6. The van der Waals surface area contributed by atoms with Crippen molar-refractivity contribution in [1.82, 2.24) is 26.6 Å². The van der Waals surface area contributed by atoms with Crippen LogP contribution in [-0.4, -0.2) is 115 Å². The Morgan fingerprint density at radius 1 is 0.586 bits per heavy atom. The summed E-state index contributed by atoms with van der Waals surface area (Å²) in [5.74, 6) is -6.97. The first-order valence-corrected chi connectivity index (χ1v) is 22.9. The second kappa shape index (κ2) is 27.2. The second-order valence-electron chi connectivity index (χ2n) is 16.3. The van der Waals surface area contributed by atoms with Crippen LogP contribution in [0.1, 0.15) is 100 Å². The van der Waals surface area contributed by atoms with Crippen LogP contribution in [-0.2, 0) is 28.8 Å². The normalized spacial score (nSPS) is 12.2. The highest BCUT2D eigenvalue weighted by Crippen LogP contribution is 2.42. The first-order valence-electron chi connectivity index (χ1n) is 22.5. The summed E-state index contributed by atoms with van der Waals surface area (Å²) < 4.78 is 5.88. The fourth-order valence-corrected chi connectivity index (χ4v) is 7.62. The van der Waals surface area contributed by atoms with Gasteiger partial charge >= 0.3 is 35.9 Å². The predicted molar refractivity (Wildman–Crippen MR) is 257 cm³/mol. The Morgan fingerprint density at radius 3 is 1.79 bits per heavy atom. The number of amides is 4. The number of urea groups is 1. The van der Waals surface area contributed by atoms with Crippen molar-refractivity contribution in [2.45, 2.75) is 108 Å². The summed E-state index contributed by atoms with van der Waals surface area (Å²) in [6.07, 6.45) is 3.47. The summed E-state index contributed by atoms with van der Waals surface area (Å²) in [7, 11) is 0. The Hall–Kier alpha value is -7.82. The topological polar surface area (TPSA) is 360 Å². The molecule has 22 nitrogen and oxygen atoms in total. The van der Waals surface area contributed by atoms with E-state index in [1.807, 2.05) is 0 Å². The minimum atomic E-state index is -1.52. The van der Waals surface area contributed by atoms with E-state index in [1.165, 1.54) is 30.3 Å². The molecule has 4 rings (SSSR count).